The van der Waals surface area contributed by atoms with Gasteiger partial charge in [-0.2, -0.15) is 4.89 Å². The van der Waals surface area contributed by atoms with Crippen molar-refractivity contribution in [3.8, 4) is 0 Å². The van der Waals surface area contributed by atoms with Crippen LogP contribution in [0, 0.1) is 24.9 Å². The molecule has 1 aromatic carbocycles. The van der Waals surface area contributed by atoms with Crippen LogP contribution in [0.4, 0.5) is 0 Å². The lowest BCUT2D eigenvalue weighted by atomic mass is 9.82. The molecule has 0 saturated heterocycles. The molecule has 0 amide bonds. The molecular formula is C16H21O3. The predicted molar refractivity (Wildman–Crippen MR) is 73.1 cm³/mol. The largest absolute Gasteiger partial charge is 0.373 e. The molecule has 0 spiro atoms. The van der Waals surface area contributed by atoms with Gasteiger partial charge in [0.1, 0.15) is 6.10 Å². The van der Waals surface area contributed by atoms with Crippen molar-refractivity contribution in [3.63, 3.8) is 0 Å². The lowest BCUT2D eigenvalue weighted by molar-refractivity contribution is -0.243. The number of hydrogen-bond acceptors (Lipinski definition) is 3. The first kappa shape index (κ1) is 14.1. The Morgan fingerprint density at radius 1 is 1.16 bits per heavy atom. The Bertz CT molecular complexity index is 431. The van der Waals surface area contributed by atoms with Gasteiger partial charge in [0.2, 0.25) is 0 Å². The summed E-state index contributed by atoms with van der Waals surface area (Å²) in [6, 6.07) is 7.35. The fourth-order valence-electron chi connectivity index (χ4n) is 2.73. The third-order valence-corrected chi connectivity index (χ3v) is 3.56. The molecule has 2 rings (SSSR count). The van der Waals surface area contributed by atoms with Crippen LogP contribution >= 0.6 is 0 Å². The number of carbonyl (C=O) groups excluding carboxylic acids is 1. The molecule has 0 aromatic heterocycles. The highest BCUT2D eigenvalue weighted by Gasteiger charge is 2.27. The van der Waals surface area contributed by atoms with Gasteiger partial charge in [-0.05, 0) is 49.7 Å². The van der Waals surface area contributed by atoms with Crippen molar-refractivity contribution in [2.24, 2.45) is 11.8 Å². The molecule has 2 unspecified atom stereocenters. The zero-order valence-electron chi connectivity index (χ0n) is 11.8. The van der Waals surface area contributed by atoms with Gasteiger partial charge in [-0.1, -0.05) is 32.0 Å². The van der Waals surface area contributed by atoms with Gasteiger partial charge in [-0.3, -0.25) is 4.89 Å². The quantitative estimate of drug-likeness (QED) is 0.607. The number of rotatable bonds is 3. The van der Waals surface area contributed by atoms with E-state index in [0.717, 1.165) is 24.5 Å². The van der Waals surface area contributed by atoms with Crippen molar-refractivity contribution in [2.45, 2.75) is 40.0 Å². The number of hydrogen-bond donors (Lipinski definition) is 0. The molecule has 2 atom stereocenters. The van der Waals surface area contributed by atoms with Crippen molar-refractivity contribution in [2.75, 3.05) is 0 Å². The monoisotopic (exact) mass is 261 g/mol. The van der Waals surface area contributed by atoms with Crippen molar-refractivity contribution in [1.82, 2.24) is 0 Å². The summed E-state index contributed by atoms with van der Waals surface area (Å²) >= 11 is 0. The third kappa shape index (κ3) is 3.80. The second-order valence-electron chi connectivity index (χ2n) is 5.66. The molecular weight excluding hydrogens is 240 g/mol. The average molecular weight is 261 g/mol. The summed E-state index contributed by atoms with van der Waals surface area (Å²) in [5.41, 5.74) is 1.45. The van der Waals surface area contributed by atoms with Crippen LogP contribution in [-0.2, 0) is 9.78 Å². The molecule has 1 radical (unpaired) electrons. The maximum atomic E-state index is 11.9. The molecule has 1 aliphatic rings. The first-order valence-corrected chi connectivity index (χ1v) is 6.85. The Hall–Kier alpha value is -1.35. The lowest BCUT2D eigenvalue weighted by Gasteiger charge is -2.28. The van der Waals surface area contributed by atoms with Crippen LogP contribution in [0.15, 0.2) is 24.3 Å². The van der Waals surface area contributed by atoms with Gasteiger partial charge < -0.3 is 0 Å². The smallest absolute Gasteiger partial charge is 0.292 e. The van der Waals surface area contributed by atoms with Crippen LogP contribution in [0.3, 0.4) is 0 Å². The molecule has 1 saturated carbocycles. The highest BCUT2D eigenvalue weighted by atomic mass is 17.2. The molecule has 0 N–H and O–H groups in total. The highest BCUT2D eigenvalue weighted by molar-refractivity contribution is 5.90. The van der Waals surface area contributed by atoms with Crippen LogP contribution in [0.5, 0.6) is 0 Å². The van der Waals surface area contributed by atoms with Crippen molar-refractivity contribution < 1.29 is 14.6 Å². The number of aryl methyl sites for hydroxylation is 1. The fourth-order valence-corrected chi connectivity index (χ4v) is 2.73. The Labute approximate surface area is 114 Å². The van der Waals surface area contributed by atoms with Gasteiger partial charge in [0.25, 0.3) is 0 Å². The summed E-state index contributed by atoms with van der Waals surface area (Å²) in [6.45, 7) is 6.28. The van der Waals surface area contributed by atoms with Gasteiger partial charge in [0.15, 0.2) is 0 Å². The van der Waals surface area contributed by atoms with E-state index in [1.807, 2.05) is 25.1 Å². The topological polar surface area (TPSA) is 35.5 Å². The summed E-state index contributed by atoms with van der Waals surface area (Å²) in [4.78, 5) is 22.1. The average Bonchev–Trinajstić information content (AvgIpc) is 2.35. The molecule has 3 nitrogen and oxygen atoms in total. The van der Waals surface area contributed by atoms with Crippen LogP contribution in [0.2, 0.25) is 0 Å². The SMILES string of the molecule is Cc1ccccc1C(=O)OO[C]1CC(C)CC(C)C1. The molecule has 0 bridgehead atoms. The second kappa shape index (κ2) is 6.20. The molecule has 1 aliphatic carbocycles. The maximum absolute atomic E-state index is 11.9. The number of benzene rings is 1. The minimum Gasteiger partial charge on any atom is -0.292 e. The van der Waals surface area contributed by atoms with Crippen LogP contribution in [0.25, 0.3) is 0 Å². The van der Waals surface area contributed by atoms with E-state index in [9.17, 15) is 4.79 Å². The van der Waals surface area contributed by atoms with Gasteiger partial charge >= 0.3 is 5.97 Å². The van der Waals surface area contributed by atoms with Gasteiger partial charge in [-0.25, -0.2) is 4.79 Å². The normalized spacial score (nSPS) is 24.2. The molecule has 0 aliphatic heterocycles. The van der Waals surface area contributed by atoms with Gasteiger partial charge in [0.05, 0.1) is 5.56 Å². The third-order valence-electron chi connectivity index (χ3n) is 3.56. The summed E-state index contributed by atoms with van der Waals surface area (Å²) in [7, 11) is 0. The van der Waals surface area contributed by atoms with E-state index in [1.54, 1.807) is 6.07 Å². The summed E-state index contributed by atoms with van der Waals surface area (Å²) in [6.07, 6.45) is 3.85. The van der Waals surface area contributed by atoms with Crippen LogP contribution < -0.4 is 0 Å². The Morgan fingerprint density at radius 3 is 2.42 bits per heavy atom. The summed E-state index contributed by atoms with van der Waals surface area (Å²) in [5.74, 6) is 0.767. The number of carbonyl (C=O) groups is 1. The summed E-state index contributed by atoms with van der Waals surface area (Å²) in [5, 5.41) is 0. The van der Waals surface area contributed by atoms with Crippen LogP contribution in [0.1, 0.15) is 49.0 Å². The van der Waals surface area contributed by atoms with Crippen molar-refractivity contribution in [3.05, 3.63) is 41.5 Å². The minimum atomic E-state index is -0.420. The van der Waals surface area contributed by atoms with E-state index in [0.29, 0.717) is 17.4 Å². The molecule has 1 aromatic rings. The van der Waals surface area contributed by atoms with E-state index in [4.69, 9.17) is 9.78 Å². The minimum absolute atomic E-state index is 0.420. The molecule has 0 heterocycles. The second-order valence-corrected chi connectivity index (χ2v) is 5.66. The highest BCUT2D eigenvalue weighted by Crippen LogP contribution is 2.35. The molecule has 3 heteroatoms. The van der Waals surface area contributed by atoms with E-state index >= 15 is 0 Å². The summed E-state index contributed by atoms with van der Waals surface area (Å²) < 4.78 is 0. The Morgan fingerprint density at radius 2 is 1.79 bits per heavy atom. The lowest BCUT2D eigenvalue weighted by Crippen LogP contribution is -2.21. The van der Waals surface area contributed by atoms with E-state index < -0.39 is 5.97 Å². The van der Waals surface area contributed by atoms with E-state index in [1.165, 1.54) is 6.42 Å². The zero-order chi connectivity index (χ0) is 13.8. The first-order valence-electron chi connectivity index (χ1n) is 6.85. The molecule has 103 valence electrons. The first-order chi connectivity index (χ1) is 9.06. The van der Waals surface area contributed by atoms with E-state index in [-0.39, 0.29) is 0 Å². The predicted octanol–water partition coefficient (Wildman–Crippen LogP) is 4.07. The van der Waals surface area contributed by atoms with E-state index in [2.05, 4.69) is 13.8 Å². The molecule has 19 heavy (non-hydrogen) atoms. The Kier molecular flexibility index (Phi) is 4.59. The fraction of sp³-hybridized carbons (Fsp3) is 0.500. The van der Waals surface area contributed by atoms with Gasteiger partial charge in [0, 0.05) is 0 Å². The zero-order valence-corrected chi connectivity index (χ0v) is 11.8. The standard InChI is InChI=1S/C16H21O3/c1-11-8-12(2)10-14(9-11)18-19-16(17)15-7-5-4-6-13(15)3/h4-7,11-12H,8-10H2,1-3H3. The van der Waals surface area contributed by atoms with Gasteiger partial charge in [-0.15, -0.1) is 0 Å². The van der Waals surface area contributed by atoms with Crippen molar-refractivity contribution in [1.29, 1.82) is 0 Å². The van der Waals surface area contributed by atoms with Crippen LogP contribution in [-0.4, -0.2) is 5.97 Å². The maximum Gasteiger partial charge on any atom is 0.373 e. The molecule has 1 fully saturated rings. The Balaban J connectivity index is 1.89. The van der Waals surface area contributed by atoms with Crippen molar-refractivity contribution >= 4 is 5.97 Å².